The molecule has 2 atom stereocenters. The third-order valence-corrected chi connectivity index (χ3v) is 2.73. The number of hydrogen-bond acceptors (Lipinski definition) is 2. The maximum atomic E-state index is 8.84. The van der Waals surface area contributed by atoms with Gasteiger partial charge < -0.3 is 4.43 Å². The van der Waals surface area contributed by atoms with E-state index in [0.717, 1.165) is 6.42 Å². The van der Waals surface area contributed by atoms with E-state index < -0.39 is 8.32 Å². The average molecular weight is 185 g/mol. The van der Waals surface area contributed by atoms with Crippen LogP contribution >= 0.6 is 0 Å². The summed E-state index contributed by atoms with van der Waals surface area (Å²) < 4.78 is 5.72. The highest BCUT2D eigenvalue weighted by molar-refractivity contribution is 6.69. The van der Waals surface area contributed by atoms with Crippen LogP contribution in [0.5, 0.6) is 0 Å². The molecule has 0 bridgehead atoms. The molecule has 0 rings (SSSR count). The Morgan fingerprint density at radius 1 is 1.42 bits per heavy atom. The summed E-state index contributed by atoms with van der Waals surface area (Å²) in [6, 6.07) is 2.22. The van der Waals surface area contributed by atoms with Crippen LogP contribution in [-0.4, -0.2) is 14.4 Å². The van der Waals surface area contributed by atoms with Crippen LogP contribution in [0.4, 0.5) is 0 Å². The van der Waals surface area contributed by atoms with Crippen molar-refractivity contribution in [2.75, 3.05) is 0 Å². The Bertz CT molecular complexity index is 168. The van der Waals surface area contributed by atoms with E-state index in [1.54, 1.807) is 0 Å². The second-order valence-electron chi connectivity index (χ2n) is 4.17. The average Bonchev–Trinajstić information content (AvgIpc) is 1.97. The first-order valence-electron chi connectivity index (χ1n) is 4.48. The van der Waals surface area contributed by atoms with Crippen molar-refractivity contribution in [2.24, 2.45) is 5.92 Å². The molecule has 0 aliphatic carbocycles. The van der Waals surface area contributed by atoms with Crippen LogP contribution in [-0.2, 0) is 4.43 Å². The van der Waals surface area contributed by atoms with Crippen LogP contribution in [0.3, 0.4) is 0 Å². The van der Waals surface area contributed by atoms with Crippen LogP contribution in [0.15, 0.2) is 0 Å². The molecule has 2 nitrogen and oxygen atoms in total. The lowest BCUT2D eigenvalue weighted by atomic mass is 10.0. The molecule has 0 heterocycles. The van der Waals surface area contributed by atoms with Crippen LogP contribution in [0.1, 0.15) is 20.3 Å². The van der Waals surface area contributed by atoms with E-state index in [0.29, 0.717) is 5.92 Å². The molecule has 0 aromatic carbocycles. The van der Waals surface area contributed by atoms with E-state index in [-0.39, 0.29) is 6.10 Å². The topological polar surface area (TPSA) is 33.0 Å². The molecule has 0 saturated carbocycles. The van der Waals surface area contributed by atoms with Gasteiger partial charge >= 0.3 is 0 Å². The van der Waals surface area contributed by atoms with Gasteiger partial charge in [0.15, 0.2) is 8.32 Å². The van der Waals surface area contributed by atoms with Crippen molar-refractivity contribution >= 4 is 8.32 Å². The van der Waals surface area contributed by atoms with Crippen molar-refractivity contribution in [1.82, 2.24) is 0 Å². The zero-order chi connectivity index (χ0) is 9.78. The summed E-state index contributed by atoms with van der Waals surface area (Å²) in [7, 11) is -1.54. The van der Waals surface area contributed by atoms with Gasteiger partial charge in [0.25, 0.3) is 0 Å². The van der Waals surface area contributed by atoms with E-state index in [4.69, 9.17) is 9.69 Å². The molecule has 3 heteroatoms. The van der Waals surface area contributed by atoms with Gasteiger partial charge in [-0.2, -0.15) is 5.26 Å². The molecule has 70 valence electrons. The summed E-state index contributed by atoms with van der Waals surface area (Å²) in [4.78, 5) is 0. The minimum atomic E-state index is -1.54. The summed E-state index contributed by atoms with van der Waals surface area (Å²) in [6.45, 7) is 10.5. The van der Waals surface area contributed by atoms with Crippen molar-refractivity contribution in [3.63, 3.8) is 0 Å². The standard InChI is InChI=1S/C9H19NOSi/c1-6-8(2)9(7-10)11-12(3,4)5/h8-9H,6H2,1-5H3. The van der Waals surface area contributed by atoms with E-state index in [9.17, 15) is 0 Å². The quantitative estimate of drug-likeness (QED) is 0.631. The second kappa shape index (κ2) is 4.63. The Morgan fingerprint density at radius 2 is 1.92 bits per heavy atom. The molecule has 0 radical (unpaired) electrons. The zero-order valence-electron chi connectivity index (χ0n) is 8.72. The fraction of sp³-hybridized carbons (Fsp3) is 0.889. The van der Waals surface area contributed by atoms with Gasteiger partial charge in [-0.3, -0.25) is 0 Å². The van der Waals surface area contributed by atoms with Crippen molar-refractivity contribution in [1.29, 1.82) is 5.26 Å². The Balaban J connectivity index is 4.12. The van der Waals surface area contributed by atoms with Gasteiger partial charge in [-0.15, -0.1) is 0 Å². The predicted molar refractivity (Wildman–Crippen MR) is 53.3 cm³/mol. The normalized spacial score (nSPS) is 16.7. The van der Waals surface area contributed by atoms with Gasteiger partial charge in [-0.1, -0.05) is 20.3 Å². The number of rotatable bonds is 4. The smallest absolute Gasteiger partial charge is 0.185 e. The second-order valence-corrected chi connectivity index (χ2v) is 8.63. The molecule has 0 aromatic rings. The molecular weight excluding hydrogens is 166 g/mol. The molecule has 0 aliphatic heterocycles. The van der Waals surface area contributed by atoms with E-state index in [1.807, 2.05) is 0 Å². The third-order valence-electron chi connectivity index (χ3n) is 1.77. The molecule has 0 N–H and O–H groups in total. The molecule has 0 aromatic heterocycles. The molecule has 0 spiro atoms. The molecule has 2 unspecified atom stereocenters. The van der Waals surface area contributed by atoms with Crippen LogP contribution < -0.4 is 0 Å². The summed E-state index contributed by atoms with van der Waals surface area (Å²) in [5.41, 5.74) is 0. The van der Waals surface area contributed by atoms with Crippen LogP contribution in [0.2, 0.25) is 19.6 Å². The maximum absolute atomic E-state index is 8.84. The van der Waals surface area contributed by atoms with Crippen LogP contribution in [0.25, 0.3) is 0 Å². The van der Waals surface area contributed by atoms with Crippen molar-refractivity contribution in [3.05, 3.63) is 0 Å². The molecular formula is C9H19NOSi. The van der Waals surface area contributed by atoms with E-state index in [2.05, 4.69) is 39.6 Å². The lowest BCUT2D eigenvalue weighted by molar-refractivity contribution is 0.184. The molecule has 0 fully saturated rings. The van der Waals surface area contributed by atoms with E-state index in [1.165, 1.54) is 0 Å². The largest absolute Gasteiger partial charge is 0.402 e. The number of hydrogen-bond donors (Lipinski definition) is 0. The third kappa shape index (κ3) is 4.53. The Morgan fingerprint density at radius 3 is 2.17 bits per heavy atom. The van der Waals surface area contributed by atoms with Gasteiger partial charge in [0, 0.05) is 0 Å². The van der Waals surface area contributed by atoms with E-state index >= 15 is 0 Å². The molecule has 0 aliphatic rings. The summed E-state index contributed by atoms with van der Waals surface area (Å²) in [5.74, 6) is 0.349. The van der Waals surface area contributed by atoms with Gasteiger partial charge in [-0.05, 0) is 25.6 Å². The fourth-order valence-corrected chi connectivity index (χ4v) is 1.91. The Labute approximate surface area is 76.7 Å². The summed E-state index contributed by atoms with van der Waals surface area (Å²) in [6.07, 6.45) is 0.796. The maximum Gasteiger partial charge on any atom is 0.185 e. The first-order valence-corrected chi connectivity index (χ1v) is 7.89. The lowest BCUT2D eigenvalue weighted by Gasteiger charge is -2.25. The Hall–Kier alpha value is -0.333. The first kappa shape index (κ1) is 11.7. The van der Waals surface area contributed by atoms with Gasteiger partial charge in [0.1, 0.15) is 6.10 Å². The highest BCUT2D eigenvalue weighted by Crippen LogP contribution is 2.16. The molecule has 12 heavy (non-hydrogen) atoms. The Kier molecular flexibility index (Phi) is 4.51. The highest BCUT2D eigenvalue weighted by atomic mass is 28.4. The molecule has 0 amide bonds. The van der Waals surface area contributed by atoms with Gasteiger partial charge in [-0.25, -0.2) is 0 Å². The van der Waals surface area contributed by atoms with Gasteiger partial charge in [0.05, 0.1) is 6.07 Å². The minimum Gasteiger partial charge on any atom is -0.402 e. The SMILES string of the molecule is CCC(C)C(C#N)O[Si](C)(C)C. The summed E-state index contributed by atoms with van der Waals surface area (Å²) >= 11 is 0. The number of nitrogens with zero attached hydrogens (tertiary/aromatic N) is 1. The number of nitriles is 1. The van der Waals surface area contributed by atoms with Crippen molar-refractivity contribution < 1.29 is 4.43 Å². The highest BCUT2D eigenvalue weighted by Gasteiger charge is 2.24. The fourth-order valence-electron chi connectivity index (χ4n) is 0.865. The monoisotopic (exact) mass is 185 g/mol. The minimum absolute atomic E-state index is 0.207. The van der Waals surface area contributed by atoms with Crippen LogP contribution in [0, 0.1) is 17.2 Å². The first-order chi connectivity index (χ1) is 5.40. The molecule has 0 saturated heterocycles. The zero-order valence-corrected chi connectivity index (χ0v) is 9.72. The van der Waals surface area contributed by atoms with Crippen molar-refractivity contribution in [3.8, 4) is 6.07 Å². The van der Waals surface area contributed by atoms with Crippen molar-refractivity contribution in [2.45, 2.75) is 46.0 Å². The summed E-state index contributed by atoms with van der Waals surface area (Å²) in [5, 5.41) is 8.84. The predicted octanol–water partition coefficient (Wildman–Crippen LogP) is 2.78. The lowest BCUT2D eigenvalue weighted by Crippen LogP contribution is -2.34. The van der Waals surface area contributed by atoms with Gasteiger partial charge in [0.2, 0.25) is 0 Å².